The van der Waals surface area contributed by atoms with Crippen molar-refractivity contribution in [3.05, 3.63) is 77.9 Å². The summed E-state index contributed by atoms with van der Waals surface area (Å²) in [6, 6.07) is 18.1. The van der Waals surface area contributed by atoms with Crippen LogP contribution in [-0.4, -0.2) is 46.8 Å². The number of piperazine rings is 1. The van der Waals surface area contributed by atoms with Crippen molar-refractivity contribution in [1.82, 2.24) is 14.7 Å². The lowest BCUT2D eigenvalue weighted by molar-refractivity contribution is 0.0740. The van der Waals surface area contributed by atoms with Crippen LogP contribution in [0.15, 0.2) is 60.7 Å². The van der Waals surface area contributed by atoms with Gasteiger partial charge in [-0.15, -0.1) is 0 Å². The average Bonchev–Trinajstić information content (AvgIpc) is 3.10. The van der Waals surface area contributed by atoms with Crippen molar-refractivity contribution in [2.45, 2.75) is 6.92 Å². The molecular formula is C21H21FN4O. The first kappa shape index (κ1) is 17.3. The van der Waals surface area contributed by atoms with Gasteiger partial charge in [-0.05, 0) is 49.4 Å². The zero-order valence-electron chi connectivity index (χ0n) is 15.2. The van der Waals surface area contributed by atoms with Gasteiger partial charge in [-0.3, -0.25) is 4.79 Å². The van der Waals surface area contributed by atoms with Gasteiger partial charge in [0.1, 0.15) is 5.82 Å². The highest BCUT2D eigenvalue weighted by Crippen LogP contribution is 2.18. The second-order valence-corrected chi connectivity index (χ2v) is 6.67. The molecule has 1 amide bonds. The Morgan fingerprint density at radius 1 is 0.926 bits per heavy atom. The maximum atomic E-state index is 13.1. The van der Waals surface area contributed by atoms with Gasteiger partial charge in [0.2, 0.25) is 0 Å². The first-order chi connectivity index (χ1) is 13.1. The van der Waals surface area contributed by atoms with E-state index >= 15 is 0 Å². The highest BCUT2D eigenvalue weighted by atomic mass is 19.1. The van der Waals surface area contributed by atoms with E-state index in [1.165, 1.54) is 12.1 Å². The standard InChI is InChI=1S/C21H21FN4O/c1-16-15-20(23-26(16)19-5-3-2-4-6-19)21(27)25-13-11-24(12-14-25)18-9-7-17(22)8-10-18/h2-10,15H,11-14H2,1H3. The van der Waals surface area contributed by atoms with Crippen LogP contribution in [0.2, 0.25) is 0 Å². The van der Waals surface area contributed by atoms with E-state index in [9.17, 15) is 9.18 Å². The number of aryl methyl sites for hydroxylation is 1. The van der Waals surface area contributed by atoms with Gasteiger partial charge in [0.05, 0.1) is 5.69 Å². The second kappa shape index (κ2) is 7.23. The highest BCUT2D eigenvalue weighted by Gasteiger charge is 2.24. The molecule has 1 fully saturated rings. The lowest BCUT2D eigenvalue weighted by Crippen LogP contribution is -2.48. The molecule has 0 spiro atoms. The number of aromatic nitrogens is 2. The van der Waals surface area contributed by atoms with Crippen molar-refractivity contribution >= 4 is 11.6 Å². The summed E-state index contributed by atoms with van der Waals surface area (Å²) >= 11 is 0. The molecular weight excluding hydrogens is 343 g/mol. The summed E-state index contributed by atoms with van der Waals surface area (Å²) in [5, 5.41) is 4.51. The van der Waals surface area contributed by atoms with Gasteiger partial charge in [0, 0.05) is 37.6 Å². The fraction of sp³-hybridized carbons (Fsp3) is 0.238. The fourth-order valence-electron chi connectivity index (χ4n) is 3.39. The highest BCUT2D eigenvalue weighted by molar-refractivity contribution is 5.92. The van der Waals surface area contributed by atoms with E-state index in [-0.39, 0.29) is 11.7 Å². The topological polar surface area (TPSA) is 41.4 Å². The van der Waals surface area contributed by atoms with Crippen LogP contribution in [0, 0.1) is 12.7 Å². The molecule has 138 valence electrons. The molecule has 0 atom stereocenters. The molecule has 6 heteroatoms. The molecule has 1 aliphatic heterocycles. The Bertz CT molecular complexity index is 929. The number of hydrogen-bond acceptors (Lipinski definition) is 3. The van der Waals surface area contributed by atoms with Gasteiger partial charge in [-0.25, -0.2) is 9.07 Å². The molecule has 0 N–H and O–H groups in total. The first-order valence-corrected chi connectivity index (χ1v) is 9.04. The Hall–Kier alpha value is -3.15. The number of carbonyl (C=O) groups excluding carboxylic acids is 1. The molecule has 1 aromatic heterocycles. The summed E-state index contributed by atoms with van der Waals surface area (Å²) < 4.78 is 14.9. The third-order valence-electron chi connectivity index (χ3n) is 4.87. The normalized spacial score (nSPS) is 14.4. The number of halogens is 1. The smallest absolute Gasteiger partial charge is 0.274 e. The molecule has 2 heterocycles. The van der Waals surface area contributed by atoms with Crippen molar-refractivity contribution < 1.29 is 9.18 Å². The molecule has 1 aliphatic rings. The Morgan fingerprint density at radius 2 is 1.59 bits per heavy atom. The number of benzene rings is 2. The van der Waals surface area contributed by atoms with Crippen molar-refractivity contribution in [1.29, 1.82) is 0 Å². The predicted molar refractivity (Wildman–Crippen MR) is 103 cm³/mol. The number of nitrogens with zero attached hydrogens (tertiary/aromatic N) is 4. The maximum absolute atomic E-state index is 13.1. The molecule has 0 unspecified atom stereocenters. The van der Waals surface area contributed by atoms with E-state index < -0.39 is 0 Å². The maximum Gasteiger partial charge on any atom is 0.274 e. The minimum atomic E-state index is -0.239. The number of carbonyl (C=O) groups is 1. The van der Waals surface area contributed by atoms with Crippen LogP contribution in [0.1, 0.15) is 16.2 Å². The third kappa shape index (κ3) is 3.56. The lowest BCUT2D eigenvalue weighted by atomic mass is 10.2. The van der Waals surface area contributed by atoms with Crippen LogP contribution in [0.5, 0.6) is 0 Å². The number of anilines is 1. The quantitative estimate of drug-likeness (QED) is 0.716. The van der Waals surface area contributed by atoms with Gasteiger partial charge < -0.3 is 9.80 Å². The van der Waals surface area contributed by atoms with Crippen molar-refractivity contribution in [2.75, 3.05) is 31.1 Å². The zero-order valence-corrected chi connectivity index (χ0v) is 15.2. The number of amides is 1. The van der Waals surface area contributed by atoms with Gasteiger partial charge >= 0.3 is 0 Å². The fourth-order valence-corrected chi connectivity index (χ4v) is 3.39. The molecule has 0 bridgehead atoms. The minimum Gasteiger partial charge on any atom is -0.368 e. The molecule has 4 rings (SSSR count). The second-order valence-electron chi connectivity index (χ2n) is 6.67. The molecule has 2 aromatic carbocycles. The summed E-state index contributed by atoms with van der Waals surface area (Å²) in [4.78, 5) is 16.9. The molecule has 0 aliphatic carbocycles. The molecule has 1 saturated heterocycles. The number of hydrogen-bond donors (Lipinski definition) is 0. The summed E-state index contributed by atoms with van der Waals surface area (Å²) in [5.74, 6) is -0.288. The SMILES string of the molecule is Cc1cc(C(=O)N2CCN(c3ccc(F)cc3)CC2)nn1-c1ccccc1. The average molecular weight is 364 g/mol. The van der Waals surface area contributed by atoms with Gasteiger partial charge in [0.25, 0.3) is 5.91 Å². The minimum absolute atomic E-state index is 0.0495. The molecule has 5 nitrogen and oxygen atoms in total. The largest absolute Gasteiger partial charge is 0.368 e. The van der Waals surface area contributed by atoms with E-state index in [1.807, 2.05) is 48.2 Å². The Kier molecular flexibility index (Phi) is 4.62. The molecule has 3 aromatic rings. The van der Waals surface area contributed by atoms with Crippen LogP contribution < -0.4 is 4.90 Å². The third-order valence-corrected chi connectivity index (χ3v) is 4.87. The summed E-state index contributed by atoms with van der Waals surface area (Å²) in [6.07, 6.45) is 0. The van der Waals surface area contributed by atoms with Crippen LogP contribution in [-0.2, 0) is 0 Å². The molecule has 0 radical (unpaired) electrons. The monoisotopic (exact) mass is 364 g/mol. The van der Waals surface area contributed by atoms with Crippen LogP contribution in [0.3, 0.4) is 0 Å². The summed E-state index contributed by atoms with van der Waals surface area (Å²) in [7, 11) is 0. The van der Waals surface area contributed by atoms with E-state index in [0.717, 1.165) is 30.2 Å². The summed E-state index contributed by atoms with van der Waals surface area (Å²) in [5.41, 5.74) is 3.31. The van der Waals surface area contributed by atoms with Crippen LogP contribution in [0.25, 0.3) is 5.69 Å². The molecule has 0 saturated carbocycles. The number of para-hydroxylation sites is 1. The van der Waals surface area contributed by atoms with Crippen LogP contribution >= 0.6 is 0 Å². The Morgan fingerprint density at radius 3 is 2.26 bits per heavy atom. The van der Waals surface area contributed by atoms with E-state index in [2.05, 4.69) is 10.00 Å². The van der Waals surface area contributed by atoms with Crippen LogP contribution in [0.4, 0.5) is 10.1 Å². The van der Waals surface area contributed by atoms with Gasteiger partial charge in [-0.2, -0.15) is 5.10 Å². The zero-order chi connectivity index (χ0) is 18.8. The van der Waals surface area contributed by atoms with Crippen molar-refractivity contribution in [3.8, 4) is 5.69 Å². The van der Waals surface area contributed by atoms with Crippen molar-refractivity contribution in [2.24, 2.45) is 0 Å². The Balaban J connectivity index is 1.45. The molecule has 27 heavy (non-hydrogen) atoms. The van der Waals surface area contributed by atoms with E-state index in [1.54, 1.807) is 16.8 Å². The number of rotatable bonds is 3. The van der Waals surface area contributed by atoms with Crippen molar-refractivity contribution in [3.63, 3.8) is 0 Å². The van der Waals surface area contributed by atoms with E-state index in [0.29, 0.717) is 18.8 Å². The van der Waals surface area contributed by atoms with Gasteiger partial charge in [-0.1, -0.05) is 18.2 Å². The first-order valence-electron chi connectivity index (χ1n) is 9.04. The van der Waals surface area contributed by atoms with Gasteiger partial charge in [0.15, 0.2) is 5.69 Å². The predicted octanol–water partition coefficient (Wildman–Crippen LogP) is 3.28. The van der Waals surface area contributed by atoms with E-state index in [4.69, 9.17) is 0 Å². The Labute approximate surface area is 157 Å². The summed E-state index contributed by atoms with van der Waals surface area (Å²) in [6.45, 7) is 4.62. The lowest BCUT2D eigenvalue weighted by Gasteiger charge is -2.35.